The van der Waals surface area contributed by atoms with Gasteiger partial charge in [-0.1, -0.05) is 66.7 Å². The molecule has 1 aliphatic rings. The predicted molar refractivity (Wildman–Crippen MR) is 105 cm³/mol. The number of hydroxylamine groups is 3. The highest BCUT2D eigenvalue weighted by molar-refractivity contribution is 5.37. The van der Waals surface area contributed by atoms with Gasteiger partial charge in [0.05, 0.1) is 12.2 Å². The average molecular weight is 360 g/mol. The first-order valence-electron chi connectivity index (χ1n) is 9.44. The second-order valence-electron chi connectivity index (χ2n) is 7.31. The summed E-state index contributed by atoms with van der Waals surface area (Å²) >= 11 is 0. The van der Waals surface area contributed by atoms with Crippen molar-refractivity contribution in [1.82, 2.24) is 4.98 Å². The summed E-state index contributed by atoms with van der Waals surface area (Å²) in [7, 11) is 0. The van der Waals surface area contributed by atoms with Gasteiger partial charge in [0.15, 0.2) is 5.60 Å². The Bertz CT molecular complexity index is 831. The number of quaternary nitrogens is 1. The molecule has 1 saturated heterocycles. The minimum Gasteiger partial charge on any atom is -0.632 e. The van der Waals surface area contributed by atoms with Gasteiger partial charge in [-0.25, -0.2) is 0 Å². The molecule has 0 aliphatic carbocycles. The Hall–Kier alpha value is -2.53. The topological polar surface area (TPSA) is 56.2 Å². The lowest BCUT2D eigenvalue weighted by atomic mass is 9.79. The van der Waals surface area contributed by atoms with E-state index in [1.54, 1.807) is 6.20 Å². The largest absolute Gasteiger partial charge is 0.632 e. The molecule has 1 fully saturated rings. The van der Waals surface area contributed by atoms with Crippen LogP contribution < -0.4 is 0 Å². The van der Waals surface area contributed by atoms with Crippen molar-refractivity contribution in [3.8, 4) is 0 Å². The van der Waals surface area contributed by atoms with Gasteiger partial charge in [-0.3, -0.25) is 4.98 Å². The summed E-state index contributed by atoms with van der Waals surface area (Å²) in [6.45, 7) is 0.761. The molecule has 0 radical (unpaired) electrons. The third-order valence-corrected chi connectivity index (χ3v) is 5.65. The Morgan fingerprint density at radius 1 is 0.926 bits per heavy atom. The summed E-state index contributed by atoms with van der Waals surface area (Å²) < 4.78 is -0.461. The van der Waals surface area contributed by atoms with Gasteiger partial charge in [0.25, 0.3) is 0 Å². The van der Waals surface area contributed by atoms with E-state index in [0.29, 0.717) is 13.0 Å². The maximum atomic E-state index is 13.9. The molecule has 0 amide bonds. The Balaban J connectivity index is 1.80. The number of hydrogen-bond acceptors (Lipinski definition) is 3. The first kappa shape index (κ1) is 17.9. The van der Waals surface area contributed by atoms with Gasteiger partial charge in [-0.15, -0.1) is 0 Å². The average Bonchev–Trinajstić information content (AvgIpc) is 3.11. The summed E-state index contributed by atoms with van der Waals surface area (Å²) in [5.74, 6) is 0. The Labute approximate surface area is 159 Å². The van der Waals surface area contributed by atoms with Crippen molar-refractivity contribution in [3.05, 3.63) is 107 Å². The second-order valence-corrected chi connectivity index (χ2v) is 7.31. The highest BCUT2D eigenvalue weighted by Crippen LogP contribution is 2.44. The summed E-state index contributed by atoms with van der Waals surface area (Å²) in [6.07, 6.45) is 3.19. The van der Waals surface area contributed by atoms with Gasteiger partial charge in [-0.05, 0) is 23.3 Å². The van der Waals surface area contributed by atoms with E-state index in [-0.39, 0.29) is 6.54 Å². The summed E-state index contributed by atoms with van der Waals surface area (Å²) in [5.41, 5.74) is 0.961. The van der Waals surface area contributed by atoms with Crippen LogP contribution in [-0.2, 0) is 12.1 Å². The minimum absolute atomic E-state index is 0.271. The van der Waals surface area contributed by atoms with Crippen molar-refractivity contribution in [3.63, 3.8) is 0 Å². The number of aromatic nitrogens is 1. The Morgan fingerprint density at radius 2 is 1.52 bits per heavy atom. The monoisotopic (exact) mass is 360 g/mol. The summed E-state index contributed by atoms with van der Waals surface area (Å²) in [5, 5.41) is 26.0. The van der Waals surface area contributed by atoms with Crippen LogP contribution in [0.4, 0.5) is 0 Å². The first-order valence-corrected chi connectivity index (χ1v) is 9.44. The zero-order chi connectivity index (χ0) is 18.7. The molecule has 138 valence electrons. The first-order chi connectivity index (χ1) is 13.1. The fourth-order valence-electron chi connectivity index (χ4n) is 4.38. The third kappa shape index (κ3) is 3.28. The van der Waals surface area contributed by atoms with Crippen LogP contribution >= 0.6 is 0 Å². The van der Waals surface area contributed by atoms with E-state index >= 15 is 0 Å². The Morgan fingerprint density at radius 3 is 2.07 bits per heavy atom. The normalized spacial score (nSPS) is 22.7. The maximum Gasteiger partial charge on any atom is 0.167 e. The van der Waals surface area contributed by atoms with E-state index in [1.807, 2.05) is 78.9 Å². The highest BCUT2D eigenvalue weighted by atomic mass is 16.6. The molecule has 4 heteroatoms. The second kappa shape index (κ2) is 7.24. The van der Waals surface area contributed by atoms with Crippen molar-refractivity contribution >= 4 is 0 Å². The minimum atomic E-state index is -1.34. The molecule has 0 unspecified atom stereocenters. The lowest BCUT2D eigenvalue weighted by molar-refractivity contribution is -0.913. The molecule has 4 rings (SSSR count). The SMILES string of the molecule is [O-][N@@+]1(Cc2ccccn2)CCC[C@H]1C(O)(c1ccccc1)c1ccccc1. The highest BCUT2D eigenvalue weighted by Gasteiger charge is 2.51. The molecule has 2 aromatic carbocycles. The van der Waals surface area contributed by atoms with E-state index in [1.165, 1.54) is 0 Å². The van der Waals surface area contributed by atoms with E-state index in [4.69, 9.17) is 0 Å². The zero-order valence-electron chi connectivity index (χ0n) is 15.2. The number of likely N-dealkylation sites (tertiary alicyclic amines) is 1. The molecule has 0 bridgehead atoms. The van der Waals surface area contributed by atoms with Crippen molar-refractivity contribution in [1.29, 1.82) is 0 Å². The number of nitrogens with zero attached hydrogens (tertiary/aromatic N) is 2. The molecule has 2 heterocycles. The number of pyridine rings is 1. The number of hydrogen-bond donors (Lipinski definition) is 1. The van der Waals surface area contributed by atoms with Crippen LogP contribution in [0.25, 0.3) is 0 Å². The van der Waals surface area contributed by atoms with Crippen molar-refractivity contribution in [2.24, 2.45) is 0 Å². The van der Waals surface area contributed by atoms with E-state index < -0.39 is 16.3 Å². The van der Waals surface area contributed by atoms with Crippen LogP contribution in [0, 0.1) is 5.21 Å². The molecule has 1 N–H and O–H groups in total. The van der Waals surface area contributed by atoms with Crippen molar-refractivity contribution in [2.75, 3.05) is 6.54 Å². The van der Waals surface area contributed by atoms with Crippen LogP contribution in [0.2, 0.25) is 0 Å². The third-order valence-electron chi connectivity index (χ3n) is 5.65. The lowest BCUT2D eigenvalue weighted by Gasteiger charge is -2.50. The van der Waals surface area contributed by atoms with E-state index in [0.717, 1.165) is 23.2 Å². The van der Waals surface area contributed by atoms with Gasteiger partial charge in [-0.2, -0.15) is 0 Å². The molecular weight excluding hydrogens is 336 g/mol. The van der Waals surface area contributed by atoms with Crippen LogP contribution in [0.1, 0.15) is 29.7 Å². The zero-order valence-corrected chi connectivity index (χ0v) is 15.2. The van der Waals surface area contributed by atoms with Gasteiger partial charge in [0.1, 0.15) is 12.6 Å². The van der Waals surface area contributed by atoms with Gasteiger partial charge in [0.2, 0.25) is 0 Å². The number of benzene rings is 2. The van der Waals surface area contributed by atoms with Crippen LogP contribution in [-0.4, -0.2) is 27.3 Å². The fourth-order valence-corrected chi connectivity index (χ4v) is 4.38. The molecule has 0 saturated carbocycles. The molecule has 27 heavy (non-hydrogen) atoms. The molecular formula is C23H24N2O2. The molecule has 1 aromatic heterocycles. The number of rotatable bonds is 5. The Kier molecular flexibility index (Phi) is 4.79. The molecule has 3 aromatic rings. The van der Waals surface area contributed by atoms with Crippen molar-refractivity contribution in [2.45, 2.75) is 31.0 Å². The smallest absolute Gasteiger partial charge is 0.167 e. The van der Waals surface area contributed by atoms with Crippen LogP contribution in [0.3, 0.4) is 0 Å². The summed E-state index contributed by atoms with van der Waals surface area (Å²) in [4.78, 5) is 4.35. The van der Waals surface area contributed by atoms with E-state index in [2.05, 4.69) is 4.98 Å². The van der Waals surface area contributed by atoms with Gasteiger partial charge >= 0.3 is 0 Å². The molecule has 0 spiro atoms. The van der Waals surface area contributed by atoms with Crippen LogP contribution in [0.15, 0.2) is 85.1 Å². The lowest BCUT2D eigenvalue weighted by Crippen LogP contribution is -2.56. The quantitative estimate of drug-likeness (QED) is 0.553. The molecule has 4 nitrogen and oxygen atoms in total. The van der Waals surface area contributed by atoms with Crippen molar-refractivity contribution < 1.29 is 9.75 Å². The maximum absolute atomic E-state index is 13.9. The number of aliphatic hydroxyl groups is 1. The molecule has 1 aliphatic heterocycles. The standard InChI is InChI=1S/C23H24N2O2/c26-23(19-10-3-1-4-11-19,20-12-5-2-6-13-20)22-15-9-17-25(22,27)18-21-14-7-8-16-24-21/h1-8,10-14,16,22,26H,9,15,17-18H2/t22-,25+/m0/s1. The van der Waals surface area contributed by atoms with Gasteiger partial charge in [0, 0.05) is 19.0 Å². The molecule has 2 atom stereocenters. The van der Waals surface area contributed by atoms with Gasteiger partial charge < -0.3 is 15.0 Å². The predicted octanol–water partition coefficient (Wildman–Crippen LogP) is 3.99. The summed E-state index contributed by atoms with van der Waals surface area (Å²) in [6, 6.07) is 24.3. The fraction of sp³-hybridized carbons (Fsp3) is 0.261. The van der Waals surface area contributed by atoms with E-state index in [9.17, 15) is 10.3 Å². The van der Waals surface area contributed by atoms with Crippen LogP contribution in [0.5, 0.6) is 0 Å².